The van der Waals surface area contributed by atoms with E-state index in [9.17, 15) is 0 Å². The van der Waals surface area contributed by atoms with Crippen LogP contribution in [0, 0.1) is 11.8 Å². The molecule has 0 amide bonds. The van der Waals surface area contributed by atoms with Crippen LogP contribution in [0.2, 0.25) is 0 Å². The van der Waals surface area contributed by atoms with Gasteiger partial charge < -0.3 is 5.23 Å². The zero-order chi connectivity index (χ0) is 6.41. The smallest absolute Gasteiger partial charge is 0.179 e. The van der Waals surface area contributed by atoms with Crippen molar-refractivity contribution >= 4 is 7.98 Å². The first-order valence-electron chi connectivity index (χ1n) is 2.39. The molecular weight excluding hydrogens is 96.9 g/mol. The molecular formula is C6H8BN. The van der Waals surface area contributed by atoms with E-state index in [1.54, 1.807) is 0 Å². The van der Waals surface area contributed by atoms with E-state index in [0.29, 0.717) is 0 Å². The molecule has 0 aromatic carbocycles. The van der Waals surface area contributed by atoms with Gasteiger partial charge in [0, 0.05) is 0 Å². The average molecular weight is 105 g/mol. The molecule has 0 rings (SSSR count). The summed E-state index contributed by atoms with van der Waals surface area (Å²) in [6, 6.07) is 0.0491. The van der Waals surface area contributed by atoms with Crippen molar-refractivity contribution in [2.24, 2.45) is 0 Å². The fourth-order valence-corrected chi connectivity index (χ4v) is 0.226. The van der Waals surface area contributed by atoms with Gasteiger partial charge in [0.05, 0.1) is 6.04 Å². The maximum atomic E-state index is 5.03. The van der Waals surface area contributed by atoms with Gasteiger partial charge in [-0.2, -0.15) is 0 Å². The van der Waals surface area contributed by atoms with Gasteiger partial charge in [-0.1, -0.05) is 18.4 Å². The summed E-state index contributed by atoms with van der Waals surface area (Å²) in [5, 5.41) is 2.48. The molecule has 0 heterocycles. The first-order chi connectivity index (χ1) is 3.81. The second-order valence-electron chi connectivity index (χ2n) is 1.38. The molecule has 0 aromatic heterocycles. The maximum Gasteiger partial charge on any atom is 0.179 e. The van der Waals surface area contributed by atoms with Crippen molar-refractivity contribution in [3.63, 3.8) is 0 Å². The predicted molar refractivity (Wildman–Crippen MR) is 36.3 cm³/mol. The van der Waals surface area contributed by atoms with Crippen molar-refractivity contribution in [2.45, 2.75) is 13.0 Å². The third-order valence-electron chi connectivity index (χ3n) is 0.652. The van der Waals surface area contributed by atoms with Crippen LogP contribution in [0.25, 0.3) is 0 Å². The van der Waals surface area contributed by atoms with Crippen molar-refractivity contribution < 1.29 is 0 Å². The van der Waals surface area contributed by atoms with E-state index in [2.05, 4.69) is 23.6 Å². The van der Waals surface area contributed by atoms with E-state index in [-0.39, 0.29) is 6.04 Å². The molecule has 2 radical (unpaired) electrons. The number of allylic oxidation sites excluding steroid dienone is 1. The minimum absolute atomic E-state index is 0.0491. The summed E-state index contributed by atoms with van der Waals surface area (Å²) in [4.78, 5) is 0. The largest absolute Gasteiger partial charge is 0.354 e. The van der Waals surface area contributed by atoms with E-state index in [0.717, 1.165) is 0 Å². The van der Waals surface area contributed by atoms with Crippen LogP contribution in [0.5, 0.6) is 0 Å². The molecule has 0 fully saturated rings. The lowest BCUT2D eigenvalue weighted by Gasteiger charge is -1.96. The molecule has 0 saturated carbocycles. The summed E-state index contributed by atoms with van der Waals surface area (Å²) in [6.45, 7) is 5.30. The standard InChI is InChI=1S/C6H8BN/c1-3-4-5-6(2)8-7/h3,6,8H,1H2,2H3. The SMILES string of the molecule is [B]NC(C)C#CC=C. The van der Waals surface area contributed by atoms with Gasteiger partial charge in [-0.05, 0) is 13.0 Å². The Bertz CT molecular complexity index is 120. The molecule has 0 aliphatic heterocycles. The molecule has 1 atom stereocenters. The lowest BCUT2D eigenvalue weighted by Crippen LogP contribution is -2.20. The van der Waals surface area contributed by atoms with Crippen molar-refractivity contribution in [1.82, 2.24) is 5.23 Å². The molecule has 0 saturated heterocycles. The van der Waals surface area contributed by atoms with Crippen molar-refractivity contribution in [3.05, 3.63) is 12.7 Å². The summed E-state index contributed by atoms with van der Waals surface area (Å²) in [5.41, 5.74) is 0. The van der Waals surface area contributed by atoms with Gasteiger partial charge in [-0.25, -0.2) is 0 Å². The van der Waals surface area contributed by atoms with Gasteiger partial charge in [0.15, 0.2) is 7.98 Å². The Hall–Kier alpha value is -0.675. The van der Waals surface area contributed by atoms with E-state index < -0.39 is 0 Å². The second kappa shape index (κ2) is 4.48. The Balaban J connectivity index is 3.50. The predicted octanol–water partition coefficient (Wildman–Crippen LogP) is 0.237. The molecule has 40 valence electrons. The summed E-state index contributed by atoms with van der Waals surface area (Å²) in [5.74, 6) is 5.45. The molecule has 8 heavy (non-hydrogen) atoms. The highest BCUT2D eigenvalue weighted by atomic mass is 14.8. The van der Waals surface area contributed by atoms with Crippen LogP contribution in [0.4, 0.5) is 0 Å². The number of hydrogen-bond donors (Lipinski definition) is 1. The highest BCUT2D eigenvalue weighted by molar-refractivity contribution is 6.04. The maximum absolute atomic E-state index is 5.03. The molecule has 1 unspecified atom stereocenters. The van der Waals surface area contributed by atoms with Crippen LogP contribution < -0.4 is 5.23 Å². The van der Waals surface area contributed by atoms with Crippen molar-refractivity contribution in [1.29, 1.82) is 0 Å². The van der Waals surface area contributed by atoms with Crippen LogP contribution in [-0.2, 0) is 0 Å². The third kappa shape index (κ3) is 3.51. The Morgan fingerprint density at radius 2 is 2.50 bits per heavy atom. The first kappa shape index (κ1) is 7.32. The van der Waals surface area contributed by atoms with Crippen LogP contribution in [-0.4, -0.2) is 14.0 Å². The molecule has 0 spiro atoms. The molecule has 0 aliphatic carbocycles. The average Bonchev–Trinajstić information content (AvgIpc) is 1.83. The summed E-state index contributed by atoms with van der Waals surface area (Å²) in [7, 11) is 5.03. The summed E-state index contributed by atoms with van der Waals surface area (Å²) >= 11 is 0. The van der Waals surface area contributed by atoms with E-state index >= 15 is 0 Å². The van der Waals surface area contributed by atoms with Gasteiger partial charge >= 0.3 is 0 Å². The normalized spacial score (nSPS) is 11.1. The molecule has 0 aromatic rings. The Morgan fingerprint density at radius 1 is 1.88 bits per heavy atom. The van der Waals surface area contributed by atoms with Gasteiger partial charge in [0.1, 0.15) is 0 Å². The molecule has 2 heteroatoms. The van der Waals surface area contributed by atoms with E-state index in [4.69, 9.17) is 7.98 Å². The molecule has 1 nitrogen and oxygen atoms in total. The minimum atomic E-state index is 0.0491. The van der Waals surface area contributed by atoms with E-state index in [1.165, 1.54) is 6.08 Å². The highest BCUT2D eigenvalue weighted by Crippen LogP contribution is 1.71. The minimum Gasteiger partial charge on any atom is -0.354 e. The zero-order valence-corrected chi connectivity index (χ0v) is 4.94. The topological polar surface area (TPSA) is 12.0 Å². The van der Waals surface area contributed by atoms with Crippen LogP contribution in [0.1, 0.15) is 6.92 Å². The molecule has 0 aliphatic rings. The number of hydrogen-bond acceptors (Lipinski definition) is 1. The fourth-order valence-electron chi connectivity index (χ4n) is 0.226. The lowest BCUT2D eigenvalue weighted by atomic mass is 10.3. The molecule has 0 bridgehead atoms. The Labute approximate surface area is 51.6 Å². The zero-order valence-electron chi connectivity index (χ0n) is 4.94. The van der Waals surface area contributed by atoms with E-state index in [1.807, 2.05) is 6.92 Å². The summed E-state index contributed by atoms with van der Waals surface area (Å²) in [6.07, 6.45) is 1.54. The van der Waals surface area contributed by atoms with Gasteiger partial charge in [-0.15, -0.1) is 0 Å². The second-order valence-corrected chi connectivity index (χ2v) is 1.38. The van der Waals surface area contributed by atoms with Crippen LogP contribution in [0.15, 0.2) is 12.7 Å². The quantitative estimate of drug-likeness (QED) is 0.372. The van der Waals surface area contributed by atoms with Crippen molar-refractivity contribution in [3.8, 4) is 11.8 Å². The van der Waals surface area contributed by atoms with Crippen LogP contribution in [0.3, 0.4) is 0 Å². The third-order valence-corrected chi connectivity index (χ3v) is 0.652. The number of nitrogens with one attached hydrogen (secondary N) is 1. The first-order valence-corrected chi connectivity index (χ1v) is 2.39. The fraction of sp³-hybridized carbons (Fsp3) is 0.333. The monoisotopic (exact) mass is 105 g/mol. The van der Waals surface area contributed by atoms with Gasteiger partial charge in [-0.3, -0.25) is 0 Å². The number of rotatable bonds is 1. The summed E-state index contributed by atoms with van der Waals surface area (Å²) < 4.78 is 0. The van der Waals surface area contributed by atoms with Gasteiger partial charge in [0.25, 0.3) is 0 Å². The Kier molecular flexibility index (Phi) is 4.10. The van der Waals surface area contributed by atoms with Gasteiger partial charge in [0.2, 0.25) is 0 Å². The van der Waals surface area contributed by atoms with Crippen molar-refractivity contribution in [2.75, 3.05) is 0 Å². The van der Waals surface area contributed by atoms with Crippen LogP contribution >= 0.6 is 0 Å². The lowest BCUT2D eigenvalue weighted by molar-refractivity contribution is 0.868. The molecule has 1 N–H and O–H groups in total. The Morgan fingerprint density at radius 3 is 2.88 bits per heavy atom. The highest BCUT2D eigenvalue weighted by Gasteiger charge is 1.83.